The average Bonchev–Trinajstić information content (AvgIpc) is 1.67. The van der Waals surface area contributed by atoms with E-state index in [0.29, 0.717) is 0 Å². The molecule has 0 unspecified atom stereocenters. The van der Waals surface area contributed by atoms with Crippen LogP contribution in [0.2, 0.25) is 0 Å². The summed E-state index contributed by atoms with van der Waals surface area (Å²) in [6.45, 7) is 7.01. The second-order valence-electron chi connectivity index (χ2n) is 2.98. The van der Waals surface area contributed by atoms with Gasteiger partial charge in [-0.25, -0.2) is 0 Å². The van der Waals surface area contributed by atoms with E-state index in [-0.39, 0.29) is 14.9 Å². The van der Waals surface area contributed by atoms with Crippen molar-refractivity contribution >= 4 is 0 Å². The molecule has 0 aromatic heterocycles. The Labute approximate surface area is 67.6 Å². The van der Waals surface area contributed by atoms with Gasteiger partial charge in [0, 0.05) is 0 Å². The van der Waals surface area contributed by atoms with E-state index in [0.717, 1.165) is 4.48 Å². The Hall–Kier alpha value is -0.0400. The molecule has 0 atom stereocenters. The summed E-state index contributed by atoms with van der Waals surface area (Å²) in [5, 5.41) is 0. The highest BCUT2D eigenvalue weighted by Crippen LogP contribution is 1.95. The van der Waals surface area contributed by atoms with Crippen molar-refractivity contribution in [2.24, 2.45) is 0 Å². The summed E-state index contributed by atoms with van der Waals surface area (Å²) in [6, 6.07) is 0. The molecule has 10 heavy (non-hydrogen) atoms. The fourth-order valence-electron chi connectivity index (χ4n) is 0.763. The predicted molar refractivity (Wildman–Crippen MR) is 50.6 cm³/mol. The fraction of sp³-hybridized carbons (Fsp3) is 0.778. The number of hydrogen-bond donors (Lipinski definition) is 0. The van der Waals surface area contributed by atoms with E-state index in [9.17, 15) is 0 Å². The Kier molecular flexibility index (Phi) is 11.7. The summed E-state index contributed by atoms with van der Waals surface area (Å²) in [6.07, 6.45) is 1.29. The highest BCUT2D eigenvalue weighted by Gasteiger charge is 2.07. The first kappa shape index (κ1) is 16.5. The Bertz CT molecular complexity index is 57.7. The molecule has 0 aliphatic heterocycles. The van der Waals surface area contributed by atoms with Gasteiger partial charge in [-0.1, -0.05) is 6.92 Å². The molecule has 0 rings (SSSR count). The van der Waals surface area contributed by atoms with Crippen LogP contribution in [0, 0.1) is 14.9 Å². The molecule has 0 bridgehead atoms. The van der Waals surface area contributed by atoms with Gasteiger partial charge in [0.15, 0.2) is 0 Å². The van der Waals surface area contributed by atoms with Crippen LogP contribution in [0.3, 0.4) is 0 Å². The molecule has 0 aromatic rings. The second-order valence-corrected chi connectivity index (χ2v) is 2.98. The Morgan fingerprint density at radius 3 is 1.50 bits per heavy atom. The smallest absolute Gasteiger partial charge is 0.0779 e. The summed E-state index contributed by atoms with van der Waals surface area (Å²) < 4.78 is 1.16. The molecule has 0 aliphatic rings. The van der Waals surface area contributed by atoms with Crippen LogP contribution < -0.4 is 0 Å². The topological polar surface area (TPSA) is 0 Å². The third-order valence-electron chi connectivity index (χ3n) is 1.68. The molecule has 0 heterocycles. The van der Waals surface area contributed by atoms with Gasteiger partial charge in [-0.3, -0.25) is 0 Å². The maximum absolute atomic E-state index is 2.27. The van der Waals surface area contributed by atoms with E-state index in [1.54, 1.807) is 0 Å². The summed E-state index contributed by atoms with van der Waals surface area (Å²) in [4.78, 5) is 0. The molecule has 0 aromatic carbocycles. The molecule has 0 aliphatic carbocycles. The first-order chi connectivity index (χ1) is 3.62. The molecular weight excluding hydrogens is 122 g/mol. The molecule has 0 saturated carbocycles. The normalized spacial score (nSPS) is 9.60. The van der Waals surface area contributed by atoms with E-state index >= 15 is 0 Å². The minimum Gasteiger partial charge on any atom is -0.358 e. The van der Waals surface area contributed by atoms with Crippen LogP contribution in [0.5, 0.6) is 0 Å². The van der Waals surface area contributed by atoms with E-state index in [4.69, 9.17) is 0 Å². The van der Waals surface area contributed by atoms with Crippen molar-refractivity contribution in [3.05, 3.63) is 14.9 Å². The van der Waals surface area contributed by atoms with Crippen LogP contribution in [-0.2, 0) is 0 Å². The fourth-order valence-corrected chi connectivity index (χ4v) is 0.763. The third-order valence-corrected chi connectivity index (χ3v) is 1.68. The zero-order valence-electron chi connectivity index (χ0n) is 8.57. The second kappa shape index (κ2) is 7.07. The van der Waals surface area contributed by atoms with Crippen molar-refractivity contribution in [3.63, 3.8) is 0 Å². The zero-order valence-corrected chi connectivity index (χ0v) is 8.57. The summed E-state index contributed by atoms with van der Waals surface area (Å²) in [5.41, 5.74) is 0. The summed E-state index contributed by atoms with van der Waals surface area (Å²) in [5.74, 6) is 0. The van der Waals surface area contributed by atoms with Gasteiger partial charge in [-0.05, 0) is 13.3 Å². The average molecular weight is 146 g/mol. The Balaban J connectivity index is -0.000000245. The maximum atomic E-state index is 2.27. The van der Waals surface area contributed by atoms with Gasteiger partial charge in [0.25, 0.3) is 0 Å². The third kappa shape index (κ3) is 7.96. The lowest BCUT2D eigenvalue weighted by molar-refractivity contribution is -0.888. The predicted octanol–water partition coefficient (Wildman–Crippen LogP) is 2.39. The van der Waals surface area contributed by atoms with Gasteiger partial charge < -0.3 is 19.3 Å². The van der Waals surface area contributed by atoms with Gasteiger partial charge in [0.1, 0.15) is 0 Å². The number of nitrogens with zero attached hydrogens (tertiary/aromatic N) is 1. The molecule has 1 heteroatoms. The molecule has 0 spiro atoms. The van der Waals surface area contributed by atoms with Crippen molar-refractivity contribution in [1.29, 1.82) is 0 Å². The largest absolute Gasteiger partial charge is 0.358 e. The minimum atomic E-state index is 0. The highest BCUT2D eigenvalue weighted by molar-refractivity contribution is 4.25. The van der Waals surface area contributed by atoms with Crippen LogP contribution in [0.1, 0.15) is 20.3 Å². The summed E-state index contributed by atoms with van der Waals surface area (Å²) in [7, 11) is 4.53. The van der Waals surface area contributed by atoms with Gasteiger partial charge in [-0.2, -0.15) is 0 Å². The van der Waals surface area contributed by atoms with E-state index < -0.39 is 0 Å². The van der Waals surface area contributed by atoms with Crippen molar-refractivity contribution < 1.29 is 4.48 Å². The molecule has 1 nitrogen and oxygen atoms in total. The number of hydrogen-bond acceptors (Lipinski definition) is 0. The Morgan fingerprint density at radius 1 is 1.00 bits per heavy atom. The SMILES string of the molecule is CCC[N+](C)(C)CC.[CH3-].[CH3-]. The standard InChI is InChI=1S/C7H18N.2CH3/c1-5-7-8(3,4)6-2;;/h5-7H2,1-4H3;2*1H3/q+1;2*-1. The lowest BCUT2D eigenvalue weighted by Crippen LogP contribution is -2.39. The van der Waals surface area contributed by atoms with E-state index in [1.807, 2.05) is 0 Å². The van der Waals surface area contributed by atoms with Gasteiger partial charge >= 0.3 is 0 Å². The molecule has 0 amide bonds. The van der Waals surface area contributed by atoms with Crippen molar-refractivity contribution in [3.8, 4) is 0 Å². The van der Waals surface area contributed by atoms with Crippen LogP contribution in [0.15, 0.2) is 0 Å². The maximum Gasteiger partial charge on any atom is 0.0779 e. The molecule has 0 radical (unpaired) electrons. The van der Waals surface area contributed by atoms with Crippen LogP contribution in [0.4, 0.5) is 0 Å². The van der Waals surface area contributed by atoms with E-state index in [1.165, 1.54) is 19.5 Å². The highest BCUT2D eigenvalue weighted by atomic mass is 15.3. The minimum absolute atomic E-state index is 0. The van der Waals surface area contributed by atoms with Gasteiger partial charge in [-0.15, -0.1) is 0 Å². The number of rotatable bonds is 3. The van der Waals surface area contributed by atoms with Crippen molar-refractivity contribution in [2.75, 3.05) is 27.2 Å². The van der Waals surface area contributed by atoms with Crippen LogP contribution in [0.25, 0.3) is 0 Å². The van der Waals surface area contributed by atoms with Gasteiger partial charge in [0.2, 0.25) is 0 Å². The lowest BCUT2D eigenvalue weighted by atomic mass is 10.4. The summed E-state index contributed by atoms with van der Waals surface area (Å²) >= 11 is 0. The van der Waals surface area contributed by atoms with Gasteiger partial charge in [0.05, 0.1) is 27.2 Å². The molecular formula is C9H24N-. The quantitative estimate of drug-likeness (QED) is 0.423. The zero-order chi connectivity index (χ0) is 6.62. The molecule has 0 saturated heterocycles. The Morgan fingerprint density at radius 2 is 1.40 bits per heavy atom. The van der Waals surface area contributed by atoms with E-state index in [2.05, 4.69) is 27.9 Å². The molecule has 66 valence electrons. The molecule has 0 fully saturated rings. The first-order valence-electron chi connectivity index (χ1n) is 3.44. The van der Waals surface area contributed by atoms with Crippen LogP contribution in [-0.4, -0.2) is 31.7 Å². The lowest BCUT2D eigenvalue weighted by Gasteiger charge is -2.27. The number of quaternary nitrogens is 1. The monoisotopic (exact) mass is 146 g/mol. The molecule has 0 N–H and O–H groups in total. The van der Waals surface area contributed by atoms with Crippen molar-refractivity contribution in [1.82, 2.24) is 0 Å². The first-order valence-corrected chi connectivity index (χ1v) is 3.44. The van der Waals surface area contributed by atoms with Crippen LogP contribution >= 0.6 is 0 Å². The van der Waals surface area contributed by atoms with Crippen molar-refractivity contribution in [2.45, 2.75) is 20.3 Å².